The van der Waals surface area contributed by atoms with E-state index in [1.54, 1.807) is 6.08 Å². The summed E-state index contributed by atoms with van der Waals surface area (Å²) in [5.41, 5.74) is 2.63. The Morgan fingerprint density at radius 1 is 1.50 bits per heavy atom. The Morgan fingerprint density at radius 2 is 2.32 bits per heavy atom. The van der Waals surface area contributed by atoms with Gasteiger partial charge in [0.25, 0.3) is 5.91 Å². The SMILES string of the molecule is O=C(O)C1=CS[C@@H]2/C(=C\c3cc4n(n3)CCSC4)C(=O)N12.[Na]. The summed E-state index contributed by atoms with van der Waals surface area (Å²) in [6.07, 6.45) is 1.78. The number of carbonyl (C=O) groups excluding carboxylic acids is 1. The fourth-order valence-electron chi connectivity index (χ4n) is 2.61. The van der Waals surface area contributed by atoms with Gasteiger partial charge in [-0.3, -0.25) is 14.4 Å². The first kappa shape index (κ1) is 16.2. The first-order chi connectivity index (χ1) is 10.1. The smallest absolute Gasteiger partial charge is 0.353 e. The Morgan fingerprint density at radius 3 is 3.05 bits per heavy atom. The molecule has 0 saturated carbocycles. The van der Waals surface area contributed by atoms with Crippen molar-refractivity contribution in [1.82, 2.24) is 14.7 Å². The van der Waals surface area contributed by atoms with E-state index in [4.69, 9.17) is 5.11 Å². The fraction of sp³-hybridized carbons (Fsp3) is 0.308. The van der Waals surface area contributed by atoms with Gasteiger partial charge < -0.3 is 5.11 Å². The zero-order valence-electron chi connectivity index (χ0n) is 11.9. The second-order valence-electron chi connectivity index (χ2n) is 4.91. The number of rotatable bonds is 2. The van der Waals surface area contributed by atoms with Gasteiger partial charge in [-0.1, -0.05) is 0 Å². The topological polar surface area (TPSA) is 75.4 Å². The number of hydrogen-bond acceptors (Lipinski definition) is 5. The molecular formula is C13H11N3NaO3S2. The van der Waals surface area contributed by atoms with Crippen LogP contribution in [0.2, 0.25) is 0 Å². The van der Waals surface area contributed by atoms with E-state index in [1.807, 2.05) is 22.5 Å². The molecular weight excluding hydrogens is 333 g/mol. The summed E-state index contributed by atoms with van der Waals surface area (Å²) in [6, 6.07) is 2.00. The van der Waals surface area contributed by atoms with Gasteiger partial charge in [-0.25, -0.2) is 4.79 Å². The molecule has 1 amide bonds. The number of aryl methyl sites for hydroxylation is 1. The molecule has 1 saturated heterocycles. The van der Waals surface area contributed by atoms with Crippen LogP contribution in [-0.2, 0) is 21.9 Å². The summed E-state index contributed by atoms with van der Waals surface area (Å²) < 4.78 is 1.98. The van der Waals surface area contributed by atoms with Crippen LogP contribution < -0.4 is 0 Å². The third-order valence-corrected chi connectivity index (χ3v) is 5.69. The Kier molecular flexibility index (Phi) is 4.48. The predicted molar refractivity (Wildman–Crippen MR) is 86.1 cm³/mol. The number of carboxylic acid groups (broad SMARTS) is 1. The largest absolute Gasteiger partial charge is 0.477 e. The number of amides is 1. The van der Waals surface area contributed by atoms with Crippen molar-refractivity contribution in [3.8, 4) is 0 Å². The van der Waals surface area contributed by atoms with Crippen LogP contribution in [0.25, 0.3) is 6.08 Å². The normalized spacial score (nSPS) is 24.3. The average Bonchev–Trinajstić information content (AvgIpc) is 3.05. The molecule has 9 heteroatoms. The van der Waals surface area contributed by atoms with E-state index in [0.29, 0.717) is 5.57 Å². The van der Waals surface area contributed by atoms with Crippen molar-refractivity contribution in [2.75, 3.05) is 5.75 Å². The number of aromatic nitrogens is 2. The monoisotopic (exact) mass is 344 g/mol. The number of carboxylic acids is 1. The van der Waals surface area contributed by atoms with E-state index < -0.39 is 5.97 Å². The average molecular weight is 344 g/mol. The number of hydrogen-bond donors (Lipinski definition) is 1. The van der Waals surface area contributed by atoms with Crippen LogP contribution in [0.3, 0.4) is 0 Å². The number of β-lactam (4-membered cyclic amide) rings is 1. The molecule has 1 N–H and O–H groups in total. The molecule has 6 nitrogen and oxygen atoms in total. The molecule has 109 valence electrons. The summed E-state index contributed by atoms with van der Waals surface area (Å²) in [7, 11) is 0. The minimum Gasteiger partial charge on any atom is -0.477 e. The maximum absolute atomic E-state index is 12.1. The number of thioether (sulfide) groups is 2. The van der Waals surface area contributed by atoms with E-state index in [-0.39, 0.29) is 46.5 Å². The second-order valence-corrected chi connectivity index (χ2v) is 6.97. The van der Waals surface area contributed by atoms with Gasteiger partial charge in [0.2, 0.25) is 0 Å². The van der Waals surface area contributed by atoms with Gasteiger partial charge in [-0.05, 0) is 12.1 Å². The van der Waals surface area contributed by atoms with Crippen LogP contribution in [0.1, 0.15) is 11.4 Å². The Balaban J connectivity index is 0.00000144. The molecule has 1 aromatic rings. The molecule has 0 unspecified atom stereocenters. The van der Waals surface area contributed by atoms with E-state index in [9.17, 15) is 9.59 Å². The maximum atomic E-state index is 12.1. The molecule has 0 aliphatic carbocycles. The molecule has 3 aliphatic rings. The van der Waals surface area contributed by atoms with E-state index in [0.717, 1.165) is 23.7 Å². The zero-order chi connectivity index (χ0) is 14.6. The fourth-order valence-corrected chi connectivity index (χ4v) is 4.62. The van der Waals surface area contributed by atoms with Gasteiger partial charge in [-0.15, -0.1) is 11.8 Å². The Bertz CT molecular complexity index is 705. The van der Waals surface area contributed by atoms with Gasteiger partial charge >= 0.3 is 5.97 Å². The summed E-state index contributed by atoms with van der Waals surface area (Å²) in [5, 5.41) is 14.8. The van der Waals surface area contributed by atoms with Crippen molar-refractivity contribution in [3.63, 3.8) is 0 Å². The summed E-state index contributed by atoms with van der Waals surface area (Å²) in [4.78, 5) is 24.5. The quantitative estimate of drug-likeness (QED) is 0.490. The van der Waals surface area contributed by atoms with Crippen LogP contribution in [0.5, 0.6) is 0 Å². The third-order valence-electron chi connectivity index (χ3n) is 3.64. The van der Waals surface area contributed by atoms with E-state index >= 15 is 0 Å². The molecule has 4 rings (SSSR count). The standard InChI is InChI=1S/C13H11N3O3S2.Na/c17-11-9(12-16(11)10(6-21-12)13(18)19)4-7-3-8-5-20-2-1-15(8)14-7;/h3-4,6,12H,1-2,5H2,(H,18,19);/b9-4-;/t12-;/m1./s1. The van der Waals surface area contributed by atoms with Gasteiger partial charge in [-0.2, -0.15) is 16.9 Å². The zero-order valence-corrected chi connectivity index (χ0v) is 15.5. The van der Waals surface area contributed by atoms with Crippen LogP contribution >= 0.6 is 23.5 Å². The molecule has 0 aromatic carbocycles. The summed E-state index contributed by atoms with van der Waals surface area (Å²) in [5.74, 6) is 0.701. The van der Waals surface area contributed by atoms with Crippen molar-refractivity contribution in [2.45, 2.75) is 17.7 Å². The molecule has 0 spiro atoms. The van der Waals surface area contributed by atoms with Crippen molar-refractivity contribution >= 4 is 71.0 Å². The molecule has 1 fully saturated rings. The van der Waals surface area contributed by atoms with Crippen LogP contribution in [0, 0.1) is 0 Å². The first-order valence-electron chi connectivity index (χ1n) is 6.44. The molecule has 4 heterocycles. The van der Waals surface area contributed by atoms with Crippen molar-refractivity contribution < 1.29 is 14.7 Å². The first-order valence-corrected chi connectivity index (χ1v) is 8.53. The molecule has 0 bridgehead atoms. The molecule has 1 radical (unpaired) electrons. The van der Waals surface area contributed by atoms with Gasteiger partial charge in [0.1, 0.15) is 11.1 Å². The Hall–Kier alpha value is -0.670. The molecule has 22 heavy (non-hydrogen) atoms. The number of carbonyl (C=O) groups is 2. The van der Waals surface area contributed by atoms with Gasteiger partial charge in [0.15, 0.2) is 0 Å². The van der Waals surface area contributed by atoms with Gasteiger partial charge in [0.05, 0.1) is 17.8 Å². The third kappa shape index (κ3) is 2.46. The van der Waals surface area contributed by atoms with Crippen LogP contribution in [0.15, 0.2) is 22.7 Å². The minimum atomic E-state index is -1.06. The maximum Gasteiger partial charge on any atom is 0.353 e. The minimum absolute atomic E-state index is 0. The summed E-state index contributed by atoms with van der Waals surface area (Å²) >= 11 is 3.22. The number of nitrogens with zero attached hydrogens (tertiary/aromatic N) is 3. The van der Waals surface area contributed by atoms with Crippen molar-refractivity contribution in [3.05, 3.63) is 34.1 Å². The van der Waals surface area contributed by atoms with Crippen LogP contribution in [-0.4, -0.2) is 72.3 Å². The van der Waals surface area contributed by atoms with E-state index in [2.05, 4.69) is 5.10 Å². The van der Waals surface area contributed by atoms with Gasteiger partial charge in [0, 0.05) is 52.2 Å². The number of fused-ring (bicyclic) bond motifs is 2. The summed E-state index contributed by atoms with van der Waals surface area (Å²) in [6.45, 7) is 0.895. The molecule has 3 aliphatic heterocycles. The van der Waals surface area contributed by atoms with Crippen molar-refractivity contribution in [1.29, 1.82) is 0 Å². The second kappa shape index (κ2) is 6.09. The molecule has 1 atom stereocenters. The molecule has 1 aromatic heterocycles. The van der Waals surface area contributed by atoms with Crippen LogP contribution in [0.4, 0.5) is 0 Å². The Labute approximate surface area is 157 Å². The van der Waals surface area contributed by atoms with Crippen molar-refractivity contribution in [2.24, 2.45) is 0 Å². The predicted octanol–water partition coefficient (Wildman–Crippen LogP) is 0.974. The van der Waals surface area contributed by atoms with E-state index in [1.165, 1.54) is 27.8 Å². The number of aliphatic carboxylic acids is 1.